The van der Waals surface area contributed by atoms with Gasteiger partial charge in [-0.1, -0.05) is 0 Å². The maximum atomic E-state index is 11.3. The van der Waals surface area contributed by atoms with Gasteiger partial charge in [-0.2, -0.15) is 0 Å². The molecule has 0 saturated carbocycles. The van der Waals surface area contributed by atoms with E-state index in [1.165, 1.54) is 0 Å². The van der Waals surface area contributed by atoms with Crippen molar-refractivity contribution in [2.75, 3.05) is 0 Å². The van der Waals surface area contributed by atoms with E-state index in [9.17, 15) is 4.79 Å². The Morgan fingerprint density at radius 2 is 2.07 bits per heavy atom. The summed E-state index contributed by atoms with van der Waals surface area (Å²) in [7, 11) is 0. The number of aromatic nitrogens is 1. The van der Waals surface area contributed by atoms with Crippen LogP contribution in [0.2, 0.25) is 0 Å². The highest BCUT2D eigenvalue weighted by atomic mass is 16.2. The van der Waals surface area contributed by atoms with E-state index in [0.29, 0.717) is 6.42 Å². The first-order valence-corrected chi connectivity index (χ1v) is 4.62. The van der Waals surface area contributed by atoms with Crippen LogP contribution in [0.1, 0.15) is 19.4 Å². The van der Waals surface area contributed by atoms with Crippen LogP contribution in [0.3, 0.4) is 0 Å². The van der Waals surface area contributed by atoms with Gasteiger partial charge in [0.25, 0.3) is 0 Å². The second-order valence-electron chi connectivity index (χ2n) is 3.38. The molecule has 2 N–H and O–H groups in total. The maximum Gasteiger partial charge on any atom is 0.238 e. The third-order valence-electron chi connectivity index (χ3n) is 1.61. The van der Waals surface area contributed by atoms with E-state index in [4.69, 9.17) is 0 Å². The second-order valence-corrected chi connectivity index (χ2v) is 3.38. The average Bonchev–Trinajstić information content (AvgIpc) is 2.16. The SMILES string of the molecule is CC(C)NNC(=O)Cc1ccncc1. The molecule has 0 fully saturated rings. The molecule has 0 aliphatic rings. The van der Waals surface area contributed by atoms with Crippen molar-refractivity contribution < 1.29 is 4.79 Å². The molecule has 4 nitrogen and oxygen atoms in total. The fourth-order valence-electron chi connectivity index (χ4n) is 0.955. The lowest BCUT2D eigenvalue weighted by atomic mass is 10.2. The Morgan fingerprint density at radius 3 is 2.64 bits per heavy atom. The van der Waals surface area contributed by atoms with Gasteiger partial charge < -0.3 is 0 Å². The summed E-state index contributed by atoms with van der Waals surface area (Å²) in [5.41, 5.74) is 6.43. The summed E-state index contributed by atoms with van der Waals surface area (Å²) in [6, 6.07) is 3.90. The van der Waals surface area contributed by atoms with Gasteiger partial charge in [-0.25, -0.2) is 5.43 Å². The smallest absolute Gasteiger partial charge is 0.238 e. The number of rotatable bonds is 4. The van der Waals surface area contributed by atoms with Gasteiger partial charge >= 0.3 is 0 Å². The van der Waals surface area contributed by atoms with Crippen molar-refractivity contribution in [3.05, 3.63) is 30.1 Å². The third kappa shape index (κ3) is 4.00. The van der Waals surface area contributed by atoms with Crippen LogP contribution in [0.5, 0.6) is 0 Å². The Kier molecular flexibility index (Phi) is 4.07. The number of hydrazine groups is 1. The summed E-state index contributed by atoms with van der Waals surface area (Å²) in [5, 5.41) is 0. The lowest BCUT2D eigenvalue weighted by Crippen LogP contribution is -2.42. The summed E-state index contributed by atoms with van der Waals surface area (Å²) < 4.78 is 0. The van der Waals surface area contributed by atoms with Crippen LogP contribution in [-0.4, -0.2) is 16.9 Å². The zero-order valence-corrected chi connectivity index (χ0v) is 8.45. The van der Waals surface area contributed by atoms with Gasteiger partial charge in [0, 0.05) is 18.4 Å². The van der Waals surface area contributed by atoms with Gasteiger partial charge in [0.1, 0.15) is 0 Å². The van der Waals surface area contributed by atoms with Crippen molar-refractivity contribution in [3.8, 4) is 0 Å². The molecule has 1 amide bonds. The minimum absolute atomic E-state index is 0.0371. The zero-order chi connectivity index (χ0) is 10.4. The molecule has 0 aromatic carbocycles. The highest BCUT2D eigenvalue weighted by molar-refractivity contribution is 5.77. The van der Waals surface area contributed by atoms with Crippen molar-refractivity contribution in [2.45, 2.75) is 26.3 Å². The van der Waals surface area contributed by atoms with E-state index >= 15 is 0 Å². The maximum absolute atomic E-state index is 11.3. The summed E-state index contributed by atoms with van der Waals surface area (Å²) in [6.45, 7) is 3.93. The number of nitrogens with zero attached hydrogens (tertiary/aromatic N) is 1. The Morgan fingerprint density at radius 1 is 1.43 bits per heavy atom. The summed E-state index contributed by atoms with van der Waals surface area (Å²) in [4.78, 5) is 15.2. The normalized spacial score (nSPS) is 10.2. The molecule has 0 aliphatic carbocycles. The molecule has 0 saturated heterocycles. The number of carbonyl (C=O) groups excluding carboxylic acids is 1. The quantitative estimate of drug-likeness (QED) is 0.690. The minimum Gasteiger partial charge on any atom is -0.291 e. The number of nitrogens with one attached hydrogen (secondary N) is 2. The van der Waals surface area contributed by atoms with Gasteiger partial charge in [0.05, 0.1) is 6.42 Å². The van der Waals surface area contributed by atoms with Crippen LogP contribution in [-0.2, 0) is 11.2 Å². The van der Waals surface area contributed by atoms with E-state index in [1.54, 1.807) is 12.4 Å². The van der Waals surface area contributed by atoms with Gasteiger partial charge in [-0.05, 0) is 31.5 Å². The van der Waals surface area contributed by atoms with Crippen LogP contribution >= 0.6 is 0 Å². The summed E-state index contributed by atoms with van der Waals surface area (Å²) in [6.07, 6.45) is 3.74. The first kappa shape index (κ1) is 10.7. The Labute approximate surface area is 83.7 Å². The van der Waals surface area contributed by atoms with Crippen molar-refractivity contribution >= 4 is 5.91 Å². The molecule has 1 aromatic rings. The molecule has 0 aliphatic heterocycles. The lowest BCUT2D eigenvalue weighted by molar-refractivity contribution is -0.121. The monoisotopic (exact) mass is 193 g/mol. The summed E-state index contributed by atoms with van der Waals surface area (Å²) in [5.74, 6) is -0.0371. The van der Waals surface area contributed by atoms with Crippen LogP contribution in [0.25, 0.3) is 0 Å². The Balaban J connectivity index is 2.35. The molecule has 1 heterocycles. The van der Waals surface area contributed by atoms with Gasteiger partial charge in [-0.3, -0.25) is 15.2 Å². The molecule has 1 aromatic heterocycles. The number of carbonyl (C=O) groups is 1. The summed E-state index contributed by atoms with van der Waals surface area (Å²) >= 11 is 0. The molecule has 1 rings (SSSR count). The molecule has 14 heavy (non-hydrogen) atoms. The number of hydrogen-bond donors (Lipinski definition) is 2. The molecular weight excluding hydrogens is 178 g/mol. The van der Waals surface area contributed by atoms with Crippen LogP contribution in [0.4, 0.5) is 0 Å². The molecule has 4 heteroatoms. The molecular formula is C10H15N3O. The van der Waals surface area contributed by atoms with Crippen molar-refractivity contribution in [2.24, 2.45) is 0 Å². The predicted octanol–water partition coefficient (Wildman–Crippen LogP) is 0.653. The fraction of sp³-hybridized carbons (Fsp3) is 0.400. The van der Waals surface area contributed by atoms with E-state index in [0.717, 1.165) is 5.56 Å². The van der Waals surface area contributed by atoms with Crippen LogP contribution in [0, 0.1) is 0 Å². The van der Waals surface area contributed by atoms with Crippen molar-refractivity contribution in [1.29, 1.82) is 0 Å². The number of amides is 1. The van der Waals surface area contributed by atoms with Crippen LogP contribution < -0.4 is 10.9 Å². The van der Waals surface area contributed by atoms with Crippen LogP contribution in [0.15, 0.2) is 24.5 Å². The van der Waals surface area contributed by atoms with Gasteiger partial charge in [0.15, 0.2) is 0 Å². The number of pyridine rings is 1. The largest absolute Gasteiger partial charge is 0.291 e. The molecule has 0 bridgehead atoms. The number of hydrogen-bond acceptors (Lipinski definition) is 3. The zero-order valence-electron chi connectivity index (χ0n) is 8.45. The Bertz CT molecular complexity index is 285. The lowest BCUT2D eigenvalue weighted by Gasteiger charge is -2.09. The van der Waals surface area contributed by atoms with E-state index in [-0.39, 0.29) is 11.9 Å². The molecule has 0 radical (unpaired) electrons. The highest BCUT2D eigenvalue weighted by Crippen LogP contribution is 1.96. The molecule has 0 atom stereocenters. The predicted molar refractivity (Wildman–Crippen MR) is 54.4 cm³/mol. The first-order chi connectivity index (χ1) is 6.68. The molecule has 0 spiro atoms. The molecule has 76 valence electrons. The standard InChI is InChI=1S/C10H15N3O/c1-8(2)12-13-10(14)7-9-3-5-11-6-4-9/h3-6,8,12H,7H2,1-2H3,(H,13,14). The minimum atomic E-state index is -0.0371. The fourth-order valence-corrected chi connectivity index (χ4v) is 0.955. The highest BCUT2D eigenvalue weighted by Gasteiger charge is 2.02. The average molecular weight is 193 g/mol. The first-order valence-electron chi connectivity index (χ1n) is 4.62. The van der Waals surface area contributed by atoms with Gasteiger partial charge in [0.2, 0.25) is 5.91 Å². The van der Waals surface area contributed by atoms with E-state index in [2.05, 4.69) is 15.8 Å². The van der Waals surface area contributed by atoms with E-state index < -0.39 is 0 Å². The topological polar surface area (TPSA) is 54.0 Å². The van der Waals surface area contributed by atoms with Gasteiger partial charge in [-0.15, -0.1) is 0 Å². The third-order valence-corrected chi connectivity index (χ3v) is 1.61. The second kappa shape index (κ2) is 5.34. The van der Waals surface area contributed by atoms with E-state index in [1.807, 2.05) is 26.0 Å². The Hall–Kier alpha value is -1.42. The van der Waals surface area contributed by atoms with Crippen molar-refractivity contribution in [1.82, 2.24) is 15.8 Å². The van der Waals surface area contributed by atoms with Crippen molar-refractivity contribution in [3.63, 3.8) is 0 Å². The molecule has 0 unspecified atom stereocenters.